The van der Waals surface area contributed by atoms with Gasteiger partial charge in [0.1, 0.15) is 0 Å². The summed E-state index contributed by atoms with van der Waals surface area (Å²) in [7, 11) is 0. The lowest BCUT2D eigenvalue weighted by Crippen LogP contribution is -2.48. The minimum Gasteiger partial charge on any atom is -0.481 e. The zero-order valence-electron chi connectivity index (χ0n) is 12.0. The molecule has 0 saturated heterocycles. The van der Waals surface area contributed by atoms with Crippen LogP contribution in [0.4, 0.5) is 13.2 Å². The van der Waals surface area contributed by atoms with Gasteiger partial charge in [-0.1, -0.05) is 26.7 Å². The van der Waals surface area contributed by atoms with Crippen LogP contribution in [-0.2, 0) is 9.59 Å². The van der Waals surface area contributed by atoms with Crippen LogP contribution in [0.3, 0.4) is 0 Å². The van der Waals surface area contributed by atoms with Crippen LogP contribution in [0.25, 0.3) is 0 Å². The molecule has 2 saturated carbocycles. The molecule has 2 N–H and O–H groups in total. The van der Waals surface area contributed by atoms with Crippen molar-refractivity contribution in [3.8, 4) is 0 Å². The number of halogens is 3. The molecule has 4 atom stereocenters. The summed E-state index contributed by atoms with van der Waals surface area (Å²) >= 11 is 0. The van der Waals surface area contributed by atoms with Gasteiger partial charge in [-0.05, 0) is 18.3 Å². The van der Waals surface area contributed by atoms with Gasteiger partial charge in [-0.2, -0.15) is 13.2 Å². The van der Waals surface area contributed by atoms with Gasteiger partial charge in [0.15, 0.2) is 0 Å². The van der Waals surface area contributed by atoms with Crippen molar-refractivity contribution in [1.82, 2.24) is 5.32 Å². The summed E-state index contributed by atoms with van der Waals surface area (Å²) in [5, 5.41) is 11.5. The molecule has 7 heteroatoms. The van der Waals surface area contributed by atoms with Gasteiger partial charge in [-0.25, -0.2) is 0 Å². The fourth-order valence-electron chi connectivity index (χ4n) is 3.56. The summed E-state index contributed by atoms with van der Waals surface area (Å²) in [5.74, 6) is -4.72. The van der Waals surface area contributed by atoms with E-state index in [0.717, 1.165) is 0 Å². The molecular formula is C14H20F3NO3. The number of alkyl halides is 3. The molecule has 0 aromatic rings. The van der Waals surface area contributed by atoms with Gasteiger partial charge in [0.25, 0.3) is 0 Å². The Kier molecular flexibility index (Phi) is 3.97. The maximum atomic E-state index is 13.0. The highest BCUT2D eigenvalue weighted by molar-refractivity contribution is 5.91. The smallest absolute Gasteiger partial charge is 0.393 e. The number of hydrogen-bond acceptors (Lipinski definition) is 2. The molecule has 0 aromatic carbocycles. The van der Waals surface area contributed by atoms with Crippen molar-refractivity contribution in [2.75, 3.05) is 0 Å². The highest BCUT2D eigenvalue weighted by Crippen LogP contribution is 2.58. The van der Waals surface area contributed by atoms with E-state index in [2.05, 4.69) is 5.32 Å². The second-order valence-corrected chi connectivity index (χ2v) is 6.66. The molecule has 1 amide bonds. The van der Waals surface area contributed by atoms with Gasteiger partial charge in [-0.15, -0.1) is 0 Å². The summed E-state index contributed by atoms with van der Waals surface area (Å²) in [5.41, 5.74) is -0.696. The first-order valence-corrected chi connectivity index (χ1v) is 7.16. The molecule has 2 fully saturated rings. The average molecular weight is 307 g/mol. The molecule has 0 aromatic heterocycles. The normalized spacial score (nSPS) is 35.1. The number of hydrogen-bond donors (Lipinski definition) is 2. The molecule has 0 heterocycles. The van der Waals surface area contributed by atoms with E-state index in [0.29, 0.717) is 19.3 Å². The van der Waals surface area contributed by atoms with E-state index in [1.807, 2.05) is 0 Å². The number of carbonyl (C=O) groups is 2. The van der Waals surface area contributed by atoms with Gasteiger partial charge in [0.2, 0.25) is 5.91 Å². The van der Waals surface area contributed by atoms with E-state index in [9.17, 15) is 22.8 Å². The van der Waals surface area contributed by atoms with Gasteiger partial charge >= 0.3 is 12.1 Å². The highest BCUT2D eigenvalue weighted by Gasteiger charge is 2.66. The van der Waals surface area contributed by atoms with Crippen LogP contribution >= 0.6 is 0 Å². The molecule has 2 aliphatic rings. The Morgan fingerprint density at radius 1 is 1.14 bits per heavy atom. The molecule has 4 nitrogen and oxygen atoms in total. The number of amides is 1. The van der Waals surface area contributed by atoms with E-state index >= 15 is 0 Å². The summed E-state index contributed by atoms with van der Waals surface area (Å²) < 4.78 is 38.9. The zero-order chi connectivity index (χ0) is 16.0. The van der Waals surface area contributed by atoms with Crippen molar-refractivity contribution in [2.24, 2.45) is 23.2 Å². The van der Waals surface area contributed by atoms with E-state index in [4.69, 9.17) is 5.11 Å². The van der Waals surface area contributed by atoms with Gasteiger partial charge in [0.05, 0.1) is 17.8 Å². The zero-order valence-corrected chi connectivity index (χ0v) is 12.0. The van der Waals surface area contributed by atoms with Crippen LogP contribution in [0.15, 0.2) is 0 Å². The SMILES string of the molecule is CC1(C)[C@H](C(=O)O)[C@@H]1C(=O)NC1CCCCC1C(F)(F)F. The van der Waals surface area contributed by atoms with Crippen LogP contribution in [0.1, 0.15) is 39.5 Å². The molecule has 21 heavy (non-hydrogen) atoms. The summed E-state index contributed by atoms with van der Waals surface area (Å²) in [6.07, 6.45) is -2.87. The second-order valence-electron chi connectivity index (χ2n) is 6.66. The second kappa shape index (κ2) is 5.18. The predicted octanol–water partition coefficient (Wildman–Crippen LogP) is 2.58. The fourth-order valence-corrected chi connectivity index (χ4v) is 3.56. The lowest BCUT2D eigenvalue weighted by atomic mass is 9.84. The van der Waals surface area contributed by atoms with Crippen LogP contribution in [0.5, 0.6) is 0 Å². The molecule has 0 radical (unpaired) electrons. The van der Waals surface area contributed by atoms with E-state index in [1.54, 1.807) is 13.8 Å². The summed E-state index contributed by atoms with van der Waals surface area (Å²) in [6, 6.07) is -0.933. The van der Waals surface area contributed by atoms with Crippen LogP contribution in [0, 0.1) is 23.2 Å². The van der Waals surface area contributed by atoms with Crippen molar-refractivity contribution in [1.29, 1.82) is 0 Å². The minimum atomic E-state index is -4.33. The van der Waals surface area contributed by atoms with Crippen molar-refractivity contribution < 1.29 is 27.9 Å². The maximum absolute atomic E-state index is 13.0. The van der Waals surface area contributed by atoms with Crippen molar-refractivity contribution in [2.45, 2.75) is 51.7 Å². The fraction of sp³-hybridized carbons (Fsp3) is 0.857. The average Bonchev–Trinajstić information content (AvgIpc) is 2.92. The third kappa shape index (κ3) is 3.01. The van der Waals surface area contributed by atoms with Crippen LogP contribution in [0.2, 0.25) is 0 Å². The predicted molar refractivity (Wildman–Crippen MR) is 68.3 cm³/mol. The molecule has 0 aliphatic heterocycles. The monoisotopic (exact) mass is 307 g/mol. The summed E-state index contributed by atoms with van der Waals surface area (Å²) in [6.45, 7) is 3.30. The Hall–Kier alpha value is -1.27. The number of carbonyl (C=O) groups excluding carboxylic acids is 1. The minimum absolute atomic E-state index is 0.0187. The summed E-state index contributed by atoms with van der Waals surface area (Å²) in [4.78, 5) is 23.2. The Morgan fingerprint density at radius 2 is 1.71 bits per heavy atom. The number of carboxylic acid groups (broad SMARTS) is 1. The van der Waals surface area contributed by atoms with Crippen molar-refractivity contribution in [3.63, 3.8) is 0 Å². The van der Waals surface area contributed by atoms with E-state index in [1.165, 1.54) is 0 Å². The third-order valence-corrected chi connectivity index (χ3v) is 4.89. The lowest BCUT2D eigenvalue weighted by molar-refractivity contribution is -0.189. The third-order valence-electron chi connectivity index (χ3n) is 4.89. The largest absolute Gasteiger partial charge is 0.481 e. The number of nitrogens with one attached hydrogen (secondary N) is 1. The first-order valence-electron chi connectivity index (χ1n) is 7.16. The Balaban J connectivity index is 2.04. The van der Waals surface area contributed by atoms with Crippen molar-refractivity contribution in [3.05, 3.63) is 0 Å². The maximum Gasteiger partial charge on any atom is 0.393 e. The van der Waals surface area contributed by atoms with Gasteiger partial charge in [-0.3, -0.25) is 9.59 Å². The Labute approximate surface area is 121 Å². The standard InChI is InChI=1S/C14H20F3NO3/c1-13(2)9(10(13)12(20)21)11(19)18-8-6-4-3-5-7(8)14(15,16)17/h7-10H,3-6H2,1-2H3,(H,18,19)(H,20,21)/t7?,8?,9-,10+/m1/s1. The van der Waals surface area contributed by atoms with E-state index < -0.39 is 47.3 Å². The molecule has 0 spiro atoms. The molecule has 2 rings (SSSR count). The van der Waals surface area contributed by atoms with Gasteiger partial charge in [0, 0.05) is 6.04 Å². The topological polar surface area (TPSA) is 66.4 Å². The lowest BCUT2D eigenvalue weighted by Gasteiger charge is -2.33. The first-order chi connectivity index (χ1) is 9.56. The number of rotatable bonds is 3. The Morgan fingerprint density at radius 3 is 2.19 bits per heavy atom. The van der Waals surface area contributed by atoms with E-state index in [-0.39, 0.29) is 6.42 Å². The first kappa shape index (κ1) is 16.1. The quantitative estimate of drug-likeness (QED) is 0.842. The molecule has 120 valence electrons. The van der Waals surface area contributed by atoms with Crippen molar-refractivity contribution >= 4 is 11.9 Å². The Bertz CT molecular complexity index is 447. The highest BCUT2D eigenvalue weighted by atomic mass is 19.4. The van der Waals surface area contributed by atoms with Gasteiger partial charge < -0.3 is 10.4 Å². The molecule has 2 unspecified atom stereocenters. The number of aliphatic carboxylic acids is 1. The molecule has 2 aliphatic carbocycles. The molecule has 0 bridgehead atoms. The molecular weight excluding hydrogens is 287 g/mol. The van der Waals surface area contributed by atoms with Crippen LogP contribution < -0.4 is 5.32 Å². The number of carboxylic acids is 1. The van der Waals surface area contributed by atoms with Crippen LogP contribution in [-0.4, -0.2) is 29.2 Å².